The van der Waals surface area contributed by atoms with Crippen LogP contribution >= 0.6 is 0 Å². The molecule has 2 heterocycles. The summed E-state index contributed by atoms with van der Waals surface area (Å²) in [7, 11) is 1.61. The minimum absolute atomic E-state index is 0.252. The Labute approximate surface area is 152 Å². The summed E-state index contributed by atoms with van der Waals surface area (Å²) in [4.78, 5) is 16.8. The van der Waals surface area contributed by atoms with Gasteiger partial charge in [0.1, 0.15) is 11.4 Å². The summed E-state index contributed by atoms with van der Waals surface area (Å²) in [5, 5.41) is 11.2. The van der Waals surface area contributed by atoms with Crippen molar-refractivity contribution in [3.05, 3.63) is 54.5 Å². The fraction of sp³-hybridized carbons (Fsp3) is 0.263. The van der Waals surface area contributed by atoms with Gasteiger partial charge in [-0.05, 0) is 42.3 Å². The predicted octanol–water partition coefficient (Wildman–Crippen LogP) is 2.72. The van der Waals surface area contributed by atoms with E-state index in [-0.39, 0.29) is 11.6 Å². The summed E-state index contributed by atoms with van der Waals surface area (Å²) < 4.78 is 6.84. The number of benzene rings is 1. The average molecular weight is 351 g/mol. The van der Waals surface area contributed by atoms with Crippen molar-refractivity contribution in [3.8, 4) is 22.7 Å². The van der Waals surface area contributed by atoms with Crippen molar-refractivity contribution in [3.63, 3.8) is 0 Å². The van der Waals surface area contributed by atoms with Gasteiger partial charge in [0.25, 0.3) is 5.91 Å². The summed E-state index contributed by atoms with van der Waals surface area (Å²) in [5.74, 6) is 0.835. The molecule has 1 aromatic carbocycles. The van der Waals surface area contributed by atoms with Gasteiger partial charge in [-0.15, -0.1) is 5.10 Å². The number of carbonyl (C=O) groups is 1. The van der Waals surface area contributed by atoms with E-state index in [0.29, 0.717) is 18.2 Å². The van der Waals surface area contributed by atoms with Crippen molar-refractivity contribution in [2.75, 3.05) is 13.7 Å². The fourth-order valence-corrected chi connectivity index (χ4v) is 2.48. The van der Waals surface area contributed by atoms with E-state index < -0.39 is 0 Å². The van der Waals surface area contributed by atoms with Crippen LogP contribution in [0.15, 0.2) is 48.8 Å². The van der Waals surface area contributed by atoms with Crippen molar-refractivity contribution in [2.45, 2.75) is 13.8 Å². The Kier molecular flexibility index (Phi) is 5.26. The van der Waals surface area contributed by atoms with E-state index in [1.165, 1.54) is 0 Å². The highest BCUT2D eigenvalue weighted by Gasteiger charge is 2.22. The SMILES string of the molecule is COc1ccc(-n2nnc(C(=O)NCC(C)C)c2-c2cccnc2)cc1. The maximum Gasteiger partial charge on any atom is 0.274 e. The molecule has 0 bridgehead atoms. The van der Waals surface area contributed by atoms with Gasteiger partial charge in [0, 0.05) is 24.5 Å². The van der Waals surface area contributed by atoms with Gasteiger partial charge in [-0.3, -0.25) is 9.78 Å². The number of hydrogen-bond acceptors (Lipinski definition) is 5. The second-order valence-electron chi connectivity index (χ2n) is 6.24. The number of hydrogen-bond donors (Lipinski definition) is 1. The van der Waals surface area contributed by atoms with E-state index in [4.69, 9.17) is 4.74 Å². The van der Waals surface area contributed by atoms with Crippen LogP contribution in [0.3, 0.4) is 0 Å². The number of rotatable bonds is 6. The lowest BCUT2D eigenvalue weighted by Gasteiger charge is -2.10. The topological polar surface area (TPSA) is 81.9 Å². The number of carbonyl (C=O) groups excluding carboxylic acids is 1. The lowest BCUT2D eigenvalue weighted by atomic mass is 10.1. The zero-order valence-electron chi connectivity index (χ0n) is 15.0. The van der Waals surface area contributed by atoms with Crippen LogP contribution in [-0.2, 0) is 0 Å². The minimum Gasteiger partial charge on any atom is -0.497 e. The largest absolute Gasteiger partial charge is 0.497 e. The number of amides is 1. The first kappa shape index (κ1) is 17.6. The summed E-state index contributed by atoms with van der Waals surface area (Å²) >= 11 is 0. The van der Waals surface area contributed by atoms with E-state index in [2.05, 4.69) is 20.6 Å². The maximum atomic E-state index is 12.6. The first-order valence-corrected chi connectivity index (χ1v) is 8.39. The summed E-state index contributed by atoms with van der Waals surface area (Å²) in [6, 6.07) is 11.1. The molecular formula is C19H21N5O2. The molecule has 2 aromatic heterocycles. The molecule has 1 amide bonds. The summed E-state index contributed by atoms with van der Waals surface area (Å²) in [5.41, 5.74) is 2.42. The minimum atomic E-state index is -0.252. The molecule has 0 atom stereocenters. The smallest absolute Gasteiger partial charge is 0.274 e. The molecule has 7 heteroatoms. The number of nitrogens with one attached hydrogen (secondary N) is 1. The lowest BCUT2D eigenvalue weighted by Crippen LogP contribution is -2.28. The van der Waals surface area contributed by atoms with Crippen molar-refractivity contribution in [1.82, 2.24) is 25.3 Å². The molecule has 0 unspecified atom stereocenters. The van der Waals surface area contributed by atoms with Gasteiger partial charge >= 0.3 is 0 Å². The zero-order valence-corrected chi connectivity index (χ0v) is 15.0. The van der Waals surface area contributed by atoms with E-state index in [0.717, 1.165) is 17.0 Å². The van der Waals surface area contributed by atoms with Crippen LogP contribution in [0, 0.1) is 5.92 Å². The van der Waals surface area contributed by atoms with Crippen LogP contribution in [-0.4, -0.2) is 39.5 Å². The van der Waals surface area contributed by atoms with Crippen molar-refractivity contribution in [2.24, 2.45) is 5.92 Å². The summed E-state index contributed by atoms with van der Waals surface area (Å²) in [6.07, 6.45) is 3.38. The summed E-state index contributed by atoms with van der Waals surface area (Å²) in [6.45, 7) is 4.65. The molecule has 0 aliphatic heterocycles. The second kappa shape index (κ2) is 7.77. The van der Waals surface area contributed by atoms with E-state index in [1.54, 1.807) is 24.2 Å². The van der Waals surface area contributed by atoms with E-state index in [1.807, 2.05) is 50.2 Å². The average Bonchev–Trinajstić information content (AvgIpc) is 3.12. The second-order valence-corrected chi connectivity index (χ2v) is 6.24. The fourth-order valence-electron chi connectivity index (χ4n) is 2.48. The number of ether oxygens (including phenoxy) is 1. The monoisotopic (exact) mass is 351 g/mol. The molecule has 134 valence electrons. The van der Waals surface area contributed by atoms with Gasteiger partial charge in [0.2, 0.25) is 0 Å². The Morgan fingerprint density at radius 1 is 1.23 bits per heavy atom. The molecule has 26 heavy (non-hydrogen) atoms. The molecule has 7 nitrogen and oxygen atoms in total. The molecule has 0 radical (unpaired) electrons. The van der Waals surface area contributed by atoms with Crippen LogP contribution < -0.4 is 10.1 Å². The number of aromatic nitrogens is 4. The third-order valence-electron chi connectivity index (χ3n) is 3.81. The standard InChI is InChI=1S/C19H21N5O2/c1-13(2)11-21-19(25)17-18(14-5-4-10-20-12-14)24(23-22-17)15-6-8-16(26-3)9-7-15/h4-10,12-13H,11H2,1-3H3,(H,21,25). The molecule has 3 rings (SSSR count). The Morgan fingerprint density at radius 3 is 2.62 bits per heavy atom. The molecule has 1 N–H and O–H groups in total. The van der Waals surface area contributed by atoms with Crippen LogP contribution in [0.2, 0.25) is 0 Å². The number of pyridine rings is 1. The zero-order chi connectivity index (χ0) is 18.5. The molecule has 0 fully saturated rings. The highest BCUT2D eigenvalue weighted by Crippen LogP contribution is 2.25. The van der Waals surface area contributed by atoms with Crippen LogP contribution in [0.5, 0.6) is 5.75 Å². The molecule has 0 saturated carbocycles. The Balaban J connectivity index is 2.06. The van der Waals surface area contributed by atoms with Gasteiger partial charge in [-0.25, -0.2) is 4.68 Å². The third kappa shape index (κ3) is 3.72. The molecule has 0 aliphatic carbocycles. The van der Waals surface area contributed by atoms with E-state index in [9.17, 15) is 4.79 Å². The predicted molar refractivity (Wildman–Crippen MR) is 98.3 cm³/mol. The first-order chi connectivity index (χ1) is 12.6. The van der Waals surface area contributed by atoms with Crippen molar-refractivity contribution >= 4 is 5.91 Å². The van der Waals surface area contributed by atoms with E-state index >= 15 is 0 Å². The highest BCUT2D eigenvalue weighted by molar-refractivity contribution is 5.98. The van der Waals surface area contributed by atoms with Gasteiger partial charge in [0.15, 0.2) is 5.69 Å². The number of methoxy groups -OCH3 is 1. The molecule has 3 aromatic rings. The van der Waals surface area contributed by atoms with Crippen molar-refractivity contribution < 1.29 is 9.53 Å². The lowest BCUT2D eigenvalue weighted by molar-refractivity contribution is 0.0944. The Morgan fingerprint density at radius 2 is 2.00 bits per heavy atom. The van der Waals surface area contributed by atoms with Gasteiger partial charge < -0.3 is 10.1 Å². The molecular weight excluding hydrogens is 330 g/mol. The highest BCUT2D eigenvalue weighted by atomic mass is 16.5. The van der Waals surface area contributed by atoms with Gasteiger partial charge in [-0.2, -0.15) is 0 Å². The molecule has 0 saturated heterocycles. The Bertz CT molecular complexity index is 873. The Hall–Kier alpha value is -3.22. The maximum absolute atomic E-state index is 12.6. The van der Waals surface area contributed by atoms with Gasteiger partial charge in [0.05, 0.1) is 12.8 Å². The quantitative estimate of drug-likeness (QED) is 0.738. The molecule has 0 spiro atoms. The van der Waals surface area contributed by atoms with Gasteiger partial charge in [-0.1, -0.05) is 19.1 Å². The normalized spacial score (nSPS) is 10.8. The molecule has 0 aliphatic rings. The van der Waals surface area contributed by atoms with Crippen molar-refractivity contribution in [1.29, 1.82) is 0 Å². The van der Waals surface area contributed by atoms with Crippen LogP contribution in [0.1, 0.15) is 24.3 Å². The first-order valence-electron chi connectivity index (χ1n) is 8.39. The third-order valence-corrected chi connectivity index (χ3v) is 3.81. The van der Waals surface area contributed by atoms with Crippen LogP contribution in [0.4, 0.5) is 0 Å². The van der Waals surface area contributed by atoms with Crippen LogP contribution in [0.25, 0.3) is 16.9 Å². The number of nitrogens with zero attached hydrogens (tertiary/aromatic N) is 4.